The minimum Gasteiger partial charge on any atom is -0.397 e. The highest BCUT2D eigenvalue weighted by atomic mass is 19.1. The van der Waals surface area contributed by atoms with E-state index >= 15 is 0 Å². The quantitative estimate of drug-likeness (QED) is 0.642. The number of fused-ring (bicyclic) bond motifs is 5. The standard InChI is InChI=1S/C19H27FO.C2H6O/c1-18-9-4-3-5-12(18)6-7-13-14(18)8-10-19(2)15(13)11-16(20)17(19)21;1-2-3/h6,13-16H,3-5,7-11H2,1-2H3;3H,2H2,1H3/t13-,14+,15+,16-,18+,19+;/m1./s1. The summed E-state index contributed by atoms with van der Waals surface area (Å²) in [5, 5.41) is 7.57. The van der Waals surface area contributed by atoms with Crippen LogP contribution >= 0.6 is 0 Å². The summed E-state index contributed by atoms with van der Waals surface area (Å²) >= 11 is 0. The maximum absolute atomic E-state index is 14.1. The van der Waals surface area contributed by atoms with Crippen LogP contribution in [0, 0.1) is 28.6 Å². The third-order valence-corrected chi connectivity index (χ3v) is 7.72. The first-order chi connectivity index (χ1) is 11.4. The largest absolute Gasteiger partial charge is 0.397 e. The second-order valence-electron chi connectivity index (χ2n) is 8.81. The first kappa shape index (κ1) is 18.1. The van der Waals surface area contributed by atoms with Gasteiger partial charge in [-0.15, -0.1) is 0 Å². The molecule has 24 heavy (non-hydrogen) atoms. The fraction of sp³-hybridized carbons (Fsp3) is 0.857. The van der Waals surface area contributed by atoms with Crippen molar-refractivity contribution in [3.63, 3.8) is 0 Å². The molecule has 0 heterocycles. The van der Waals surface area contributed by atoms with Gasteiger partial charge in [0.15, 0.2) is 12.0 Å². The van der Waals surface area contributed by atoms with Crippen LogP contribution in [0.15, 0.2) is 11.6 Å². The van der Waals surface area contributed by atoms with Crippen molar-refractivity contribution in [2.45, 2.75) is 78.3 Å². The third kappa shape index (κ3) is 2.58. The van der Waals surface area contributed by atoms with Crippen molar-refractivity contribution in [3.05, 3.63) is 11.6 Å². The summed E-state index contributed by atoms with van der Waals surface area (Å²) in [7, 11) is 0. The number of aliphatic hydroxyl groups excluding tert-OH is 1. The van der Waals surface area contributed by atoms with Crippen LogP contribution in [0.5, 0.6) is 0 Å². The Morgan fingerprint density at radius 1 is 1.21 bits per heavy atom. The van der Waals surface area contributed by atoms with Gasteiger partial charge in [0.2, 0.25) is 0 Å². The Morgan fingerprint density at radius 2 is 1.92 bits per heavy atom. The van der Waals surface area contributed by atoms with E-state index in [4.69, 9.17) is 5.11 Å². The highest BCUT2D eigenvalue weighted by Crippen LogP contribution is 2.64. The highest BCUT2D eigenvalue weighted by Gasteiger charge is 2.61. The topological polar surface area (TPSA) is 37.3 Å². The van der Waals surface area contributed by atoms with Gasteiger partial charge in [-0.05, 0) is 75.0 Å². The maximum atomic E-state index is 14.1. The van der Waals surface area contributed by atoms with E-state index in [1.54, 1.807) is 12.5 Å². The third-order valence-electron chi connectivity index (χ3n) is 7.72. The molecule has 0 radical (unpaired) electrons. The predicted molar refractivity (Wildman–Crippen MR) is 94.4 cm³/mol. The molecule has 3 fully saturated rings. The molecule has 3 heteroatoms. The van der Waals surface area contributed by atoms with E-state index in [1.807, 2.05) is 0 Å². The number of hydrogen-bond donors (Lipinski definition) is 1. The van der Waals surface area contributed by atoms with Crippen molar-refractivity contribution in [1.29, 1.82) is 0 Å². The SMILES string of the molecule is CCO.C[C@]12CCCCC1=CC[C@@H]1[C@@H]2CC[C@]2(C)C(=O)[C@H](F)C[C@@H]12. The van der Waals surface area contributed by atoms with Gasteiger partial charge in [0.05, 0.1) is 0 Å². The summed E-state index contributed by atoms with van der Waals surface area (Å²) < 4.78 is 14.1. The van der Waals surface area contributed by atoms with Crippen molar-refractivity contribution in [3.8, 4) is 0 Å². The number of halogens is 1. The Morgan fingerprint density at radius 3 is 2.62 bits per heavy atom. The number of ketones is 1. The summed E-state index contributed by atoms with van der Waals surface area (Å²) in [5.41, 5.74) is 1.66. The Labute approximate surface area is 145 Å². The Balaban J connectivity index is 0.000000526. The molecule has 4 aliphatic rings. The minimum absolute atomic E-state index is 0.0884. The molecule has 4 aliphatic carbocycles. The molecule has 0 aromatic carbocycles. The number of allylic oxidation sites excluding steroid dienone is 2. The van der Waals surface area contributed by atoms with E-state index in [2.05, 4.69) is 19.9 Å². The number of alkyl halides is 1. The van der Waals surface area contributed by atoms with E-state index < -0.39 is 6.17 Å². The zero-order valence-corrected chi connectivity index (χ0v) is 15.5. The summed E-state index contributed by atoms with van der Waals surface area (Å²) in [5.74, 6) is 1.43. The van der Waals surface area contributed by atoms with Crippen LogP contribution in [0.3, 0.4) is 0 Å². The van der Waals surface area contributed by atoms with Crippen molar-refractivity contribution in [2.24, 2.45) is 28.6 Å². The molecule has 0 unspecified atom stereocenters. The fourth-order valence-corrected chi connectivity index (χ4v) is 6.45. The maximum Gasteiger partial charge on any atom is 0.173 e. The number of Topliss-reactive ketones (excluding diaryl/α,β-unsaturated/α-hetero) is 1. The summed E-state index contributed by atoms with van der Waals surface area (Å²) in [6.45, 7) is 6.44. The number of aliphatic hydroxyl groups is 1. The summed E-state index contributed by atoms with van der Waals surface area (Å²) in [6.07, 6.45) is 10.2. The lowest BCUT2D eigenvalue weighted by Crippen LogP contribution is -2.49. The van der Waals surface area contributed by atoms with Gasteiger partial charge in [0.1, 0.15) is 0 Å². The molecule has 0 aromatic heterocycles. The highest BCUT2D eigenvalue weighted by molar-refractivity contribution is 5.91. The molecule has 0 aromatic rings. The summed E-state index contributed by atoms with van der Waals surface area (Å²) in [4.78, 5) is 12.3. The van der Waals surface area contributed by atoms with Crippen LogP contribution < -0.4 is 0 Å². The van der Waals surface area contributed by atoms with Crippen LogP contribution in [-0.2, 0) is 4.79 Å². The van der Waals surface area contributed by atoms with Gasteiger partial charge in [-0.2, -0.15) is 0 Å². The van der Waals surface area contributed by atoms with Gasteiger partial charge in [-0.1, -0.05) is 31.9 Å². The van der Waals surface area contributed by atoms with Gasteiger partial charge in [-0.25, -0.2) is 4.39 Å². The molecule has 6 atom stereocenters. The minimum atomic E-state index is -1.19. The van der Waals surface area contributed by atoms with E-state index in [1.165, 1.54) is 25.7 Å². The second kappa shape index (κ2) is 6.55. The smallest absolute Gasteiger partial charge is 0.173 e. The monoisotopic (exact) mass is 336 g/mol. The molecule has 0 amide bonds. The predicted octanol–water partition coefficient (Wildman–Crippen LogP) is 4.86. The molecule has 0 bridgehead atoms. The normalized spacial score (nSPS) is 46.9. The van der Waals surface area contributed by atoms with Gasteiger partial charge in [-0.3, -0.25) is 4.79 Å². The van der Waals surface area contributed by atoms with Crippen molar-refractivity contribution in [2.75, 3.05) is 6.61 Å². The van der Waals surface area contributed by atoms with E-state index in [-0.39, 0.29) is 23.7 Å². The van der Waals surface area contributed by atoms with E-state index in [0.717, 1.165) is 19.3 Å². The average Bonchev–Trinajstić information content (AvgIpc) is 2.79. The molecule has 3 saturated carbocycles. The first-order valence-corrected chi connectivity index (χ1v) is 9.87. The van der Waals surface area contributed by atoms with Gasteiger partial charge in [0, 0.05) is 12.0 Å². The van der Waals surface area contributed by atoms with Crippen molar-refractivity contribution < 1.29 is 14.3 Å². The molecular formula is C21H33FO2. The lowest BCUT2D eigenvalue weighted by atomic mass is 9.48. The first-order valence-electron chi connectivity index (χ1n) is 9.87. The Hall–Kier alpha value is -0.700. The van der Waals surface area contributed by atoms with Crippen LogP contribution in [-0.4, -0.2) is 23.7 Å². The lowest BCUT2D eigenvalue weighted by molar-refractivity contribution is -0.134. The van der Waals surface area contributed by atoms with Gasteiger partial charge >= 0.3 is 0 Å². The van der Waals surface area contributed by atoms with Crippen LogP contribution in [0.1, 0.15) is 72.1 Å². The number of carbonyl (C=O) groups is 1. The molecule has 1 N–H and O–H groups in total. The van der Waals surface area contributed by atoms with E-state index in [0.29, 0.717) is 23.7 Å². The summed E-state index contributed by atoms with van der Waals surface area (Å²) in [6, 6.07) is 0. The fourth-order valence-electron chi connectivity index (χ4n) is 6.45. The average molecular weight is 336 g/mol. The van der Waals surface area contributed by atoms with Crippen LogP contribution in [0.25, 0.3) is 0 Å². The molecule has 0 saturated heterocycles. The lowest BCUT2D eigenvalue weighted by Gasteiger charge is -2.56. The van der Waals surface area contributed by atoms with Crippen LogP contribution in [0.4, 0.5) is 4.39 Å². The zero-order chi connectivity index (χ0) is 17.5. The van der Waals surface area contributed by atoms with Gasteiger partial charge < -0.3 is 5.11 Å². The van der Waals surface area contributed by atoms with Crippen molar-refractivity contribution in [1.82, 2.24) is 0 Å². The Bertz CT molecular complexity index is 528. The zero-order valence-electron chi connectivity index (χ0n) is 15.5. The molecule has 4 rings (SSSR count). The van der Waals surface area contributed by atoms with Crippen LogP contribution in [0.2, 0.25) is 0 Å². The van der Waals surface area contributed by atoms with Crippen molar-refractivity contribution >= 4 is 5.78 Å². The Kier molecular flexibility index (Phi) is 4.94. The molecular weight excluding hydrogens is 303 g/mol. The van der Waals surface area contributed by atoms with Gasteiger partial charge in [0.25, 0.3) is 0 Å². The molecule has 0 aliphatic heterocycles. The second-order valence-corrected chi connectivity index (χ2v) is 8.81. The molecule has 2 nitrogen and oxygen atoms in total. The number of hydrogen-bond acceptors (Lipinski definition) is 2. The molecule has 0 spiro atoms. The number of carbonyl (C=O) groups excluding carboxylic acids is 1. The molecule has 136 valence electrons. The number of rotatable bonds is 0. The van der Waals surface area contributed by atoms with E-state index in [9.17, 15) is 9.18 Å².